The number of carbonyl (C=O) groups excluding carboxylic acids is 1. The first-order chi connectivity index (χ1) is 9.36. The predicted molar refractivity (Wildman–Crippen MR) is 82.3 cm³/mol. The summed E-state index contributed by atoms with van der Waals surface area (Å²) in [6.45, 7) is 1.87. The third-order valence-electron chi connectivity index (χ3n) is 2.72. The number of nitrogens with zero attached hydrogens (tertiary/aromatic N) is 1. The first-order valence-electron chi connectivity index (χ1n) is 5.64. The van der Waals surface area contributed by atoms with Crippen LogP contribution in [0.1, 0.15) is 16.1 Å². The number of methoxy groups -OCH3 is 1. The third-order valence-corrected chi connectivity index (χ3v) is 5.00. The molecule has 0 fully saturated rings. The van der Waals surface area contributed by atoms with E-state index in [4.69, 9.17) is 0 Å². The Kier molecular flexibility index (Phi) is 4.19. The van der Waals surface area contributed by atoms with E-state index in [-0.39, 0.29) is 10.6 Å². The van der Waals surface area contributed by atoms with Gasteiger partial charge in [0.1, 0.15) is 5.69 Å². The van der Waals surface area contributed by atoms with Crippen molar-refractivity contribution in [1.82, 2.24) is 3.97 Å². The van der Waals surface area contributed by atoms with Gasteiger partial charge in [-0.25, -0.2) is 17.2 Å². The monoisotopic (exact) mass is 405 g/mol. The maximum absolute atomic E-state index is 12.6. The van der Waals surface area contributed by atoms with E-state index in [0.29, 0.717) is 3.57 Å². The molecule has 0 radical (unpaired) electrons. The lowest BCUT2D eigenvalue weighted by molar-refractivity contribution is 0.0593. The summed E-state index contributed by atoms with van der Waals surface area (Å²) < 4.78 is 31.3. The minimum Gasteiger partial charge on any atom is -0.464 e. The van der Waals surface area contributed by atoms with Crippen LogP contribution < -0.4 is 0 Å². The van der Waals surface area contributed by atoms with Gasteiger partial charge in [-0.15, -0.1) is 0 Å². The Labute approximate surface area is 130 Å². The zero-order valence-electron chi connectivity index (χ0n) is 10.8. The molecular weight excluding hydrogens is 393 g/mol. The van der Waals surface area contributed by atoms with Gasteiger partial charge in [0.25, 0.3) is 10.0 Å². The Morgan fingerprint density at radius 3 is 2.40 bits per heavy atom. The predicted octanol–water partition coefficient (Wildman–Crippen LogP) is 2.42. The molecule has 0 saturated carbocycles. The smallest absolute Gasteiger partial charge is 0.355 e. The molecular formula is C13H12INO4S. The van der Waals surface area contributed by atoms with Crippen LogP contribution in [0.25, 0.3) is 0 Å². The average Bonchev–Trinajstić information content (AvgIpc) is 2.81. The number of aryl methyl sites for hydroxylation is 1. The largest absolute Gasteiger partial charge is 0.464 e. The van der Waals surface area contributed by atoms with Crippen molar-refractivity contribution < 1.29 is 17.9 Å². The number of hydrogen-bond acceptors (Lipinski definition) is 4. The molecule has 2 rings (SSSR count). The number of hydrogen-bond donors (Lipinski definition) is 0. The van der Waals surface area contributed by atoms with E-state index in [9.17, 15) is 13.2 Å². The zero-order valence-corrected chi connectivity index (χ0v) is 13.8. The Balaban J connectivity index is 2.60. The van der Waals surface area contributed by atoms with Crippen LogP contribution in [0.15, 0.2) is 41.4 Å². The van der Waals surface area contributed by atoms with Crippen LogP contribution in [0, 0.1) is 10.5 Å². The number of ether oxygens (including phenoxy) is 1. The second-order valence-corrected chi connectivity index (χ2v) is 7.21. The number of halogens is 1. The van der Waals surface area contributed by atoms with E-state index in [2.05, 4.69) is 4.74 Å². The van der Waals surface area contributed by atoms with Crippen molar-refractivity contribution >= 4 is 38.6 Å². The van der Waals surface area contributed by atoms with Gasteiger partial charge in [0, 0.05) is 9.77 Å². The van der Waals surface area contributed by atoms with Crippen LogP contribution >= 0.6 is 22.6 Å². The molecule has 0 atom stereocenters. The van der Waals surface area contributed by atoms with E-state index < -0.39 is 16.0 Å². The summed E-state index contributed by atoms with van der Waals surface area (Å²) in [5.74, 6) is -0.691. The van der Waals surface area contributed by atoms with E-state index >= 15 is 0 Å². The molecule has 5 nitrogen and oxygen atoms in total. The molecule has 0 aliphatic carbocycles. The fourth-order valence-corrected chi connectivity index (χ4v) is 3.80. The molecule has 0 bridgehead atoms. The lowest BCUT2D eigenvalue weighted by Crippen LogP contribution is -2.18. The van der Waals surface area contributed by atoms with Gasteiger partial charge < -0.3 is 4.74 Å². The van der Waals surface area contributed by atoms with Crippen LogP contribution in [0.5, 0.6) is 0 Å². The SMILES string of the molecule is COC(=O)c1cc(I)cn1S(=O)(=O)c1ccc(C)cc1. The van der Waals surface area contributed by atoms with Crippen LogP contribution in [-0.4, -0.2) is 25.5 Å². The second-order valence-electron chi connectivity index (χ2n) is 4.15. The Hall–Kier alpha value is -1.35. The molecule has 20 heavy (non-hydrogen) atoms. The van der Waals surface area contributed by atoms with Crippen LogP contribution in [0.4, 0.5) is 0 Å². The van der Waals surface area contributed by atoms with Crippen molar-refractivity contribution in [2.45, 2.75) is 11.8 Å². The van der Waals surface area contributed by atoms with Crippen molar-refractivity contribution in [3.05, 3.63) is 51.4 Å². The summed E-state index contributed by atoms with van der Waals surface area (Å²) in [4.78, 5) is 11.8. The molecule has 106 valence electrons. The lowest BCUT2D eigenvalue weighted by atomic mass is 10.2. The highest BCUT2D eigenvalue weighted by molar-refractivity contribution is 14.1. The summed E-state index contributed by atoms with van der Waals surface area (Å²) >= 11 is 1.95. The van der Waals surface area contributed by atoms with Gasteiger partial charge in [0.05, 0.1) is 12.0 Å². The number of benzene rings is 1. The molecule has 0 N–H and O–H groups in total. The van der Waals surface area contributed by atoms with Crippen molar-refractivity contribution in [2.75, 3.05) is 7.11 Å². The zero-order chi connectivity index (χ0) is 14.9. The fourth-order valence-electron chi connectivity index (χ4n) is 1.69. The Bertz CT molecular complexity index is 747. The van der Waals surface area contributed by atoms with Crippen molar-refractivity contribution in [1.29, 1.82) is 0 Å². The van der Waals surface area contributed by atoms with E-state index in [0.717, 1.165) is 9.54 Å². The number of aromatic nitrogens is 1. The highest BCUT2D eigenvalue weighted by Crippen LogP contribution is 2.20. The minimum absolute atomic E-state index is 0.0162. The maximum Gasteiger partial charge on any atom is 0.355 e. The molecule has 1 aromatic heterocycles. The van der Waals surface area contributed by atoms with Gasteiger partial charge in [0.2, 0.25) is 0 Å². The van der Waals surface area contributed by atoms with Crippen molar-refractivity contribution in [2.24, 2.45) is 0 Å². The average molecular weight is 405 g/mol. The standard InChI is InChI=1S/C13H12INO4S/c1-9-3-5-11(6-4-9)20(17,18)15-8-10(14)7-12(15)13(16)19-2/h3-8H,1-2H3. The van der Waals surface area contributed by atoms with Gasteiger partial charge in [-0.3, -0.25) is 0 Å². The first-order valence-corrected chi connectivity index (χ1v) is 8.16. The van der Waals surface area contributed by atoms with E-state index in [1.807, 2.05) is 29.5 Å². The summed E-state index contributed by atoms with van der Waals surface area (Å²) in [6, 6.07) is 7.91. The molecule has 0 unspecified atom stereocenters. The van der Waals surface area contributed by atoms with Crippen molar-refractivity contribution in [3.63, 3.8) is 0 Å². The first kappa shape index (κ1) is 15.0. The van der Waals surface area contributed by atoms with Crippen LogP contribution in [0.2, 0.25) is 0 Å². The Morgan fingerprint density at radius 2 is 1.85 bits per heavy atom. The topological polar surface area (TPSA) is 65.4 Å². The van der Waals surface area contributed by atoms with E-state index in [1.54, 1.807) is 12.1 Å². The Morgan fingerprint density at radius 1 is 1.25 bits per heavy atom. The summed E-state index contributed by atoms with van der Waals surface area (Å²) in [5, 5.41) is 0. The summed E-state index contributed by atoms with van der Waals surface area (Å²) in [5.41, 5.74) is 0.941. The van der Waals surface area contributed by atoms with Gasteiger partial charge in [-0.2, -0.15) is 0 Å². The number of carbonyl (C=O) groups is 1. The second kappa shape index (κ2) is 5.57. The summed E-state index contributed by atoms with van der Waals surface area (Å²) in [7, 11) is -2.60. The van der Waals surface area contributed by atoms with Gasteiger partial charge >= 0.3 is 5.97 Å². The quantitative estimate of drug-likeness (QED) is 0.581. The number of esters is 1. The third kappa shape index (κ3) is 2.73. The fraction of sp³-hybridized carbons (Fsp3) is 0.154. The molecule has 0 aliphatic rings. The molecule has 0 spiro atoms. The highest BCUT2D eigenvalue weighted by atomic mass is 127. The van der Waals surface area contributed by atoms with Crippen LogP contribution in [-0.2, 0) is 14.8 Å². The summed E-state index contributed by atoms with van der Waals surface area (Å²) in [6.07, 6.45) is 1.39. The molecule has 0 aliphatic heterocycles. The van der Waals surface area contributed by atoms with Gasteiger partial charge in [0.15, 0.2) is 0 Å². The molecule has 1 heterocycles. The lowest BCUT2D eigenvalue weighted by Gasteiger charge is -2.09. The maximum atomic E-state index is 12.6. The molecule has 2 aromatic rings. The molecule has 1 aromatic carbocycles. The molecule has 7 heteroatoms. The van der Waals surface area contributed by atoms with Crippen LogP contribution in [0.3, 0.4) is 0 Å². The van der Waals surface area contributed by atoms with Gasteiger partial charge in [-0.1, -0.05) is 17.7 Å². The minimum atomic E-state index is -3.81. The van der Waals surface area contributed by atoms with Gasteiger partial charge in [-0.05, 0) is 47.7 Å². The van der Waals surface area contributed by atoms with E-state index in [1.165, 1.54) is 31.5 Å². The highest BCUT2D eigenvalue weighted by Gasteiger charge is 2.24. The normalized spacial score (nSPS) is 11.3. The number of rotatable bonds is 3. The molecule has 0 amide bonds. The molecule has 0 saturated heterocycles. The van der Waals surface area contributed by atoms with Crippen molar-refractivity contribution in [3.8, 4) is 0 Å².